The summed E-state index contributed by atoms with van der Waals surface area (Å²) in [5, 5.41) is 27.3. The molecule has 1 aromatic carbocycles. The molecule has 1 rings (SSSR count). The maximum atomic E-state index is 9.25. The molecule has 0 radical (unpaired) electrons. The number of aliphatic hydroxyl groups excluding tert-OH is 2. The normalized spacial score (nSPS) is 11.4. The number of hydrogen-bond donors (Lipinski definition) is 2. The van der Waals surface area contributed by atoms with Crippen LogP contribution >= 0.6 is 0 Å². The Morgan fingerprint density at radius 1 is 1.35 bits per heavy atom. The molecule has 1 aromatic rings. The van der Waals surface area contributed by atoms with Gasteiger partial charge in [0.15, 0.2) is 0 Å². The van der Waals surface area contributed by atoms with E-state index >= 15 is 0 Å². The topological polar surface area (TPSA) is 76.7 Å². The Morgan fingerprint density at radius 2 is 2.05 bits per heavy atom. The fourth-order valence-electron chi connectivity index (χ4n) is 1.86. The molecule has 0 saturated heterocycles. The molecule has 0 aliphatic carbocycles. The zero-order valence-electron chi connectivity index (χ0n) is 12.0. The van der Waals surface area contributed by atoms with Gasteiger partial charge in [0.2, 0.25) is 0 Å². The highest BCUT2D eigenvalue weighted by molar-refractivity contribution is 5.36. The van der Waals surface area contributed by atoms with Crippen molar-refractivity contribution in [3.63, 3.8) is 0 Å². The van der Waals surface area contributed by atoms with Gasteiger partial charge < -0.3 is 19.8 Å². The van der Waals surface area contributed by atoms with Crippen molar-refractivity contribution in [2.75, 3.05) is 40.0 Å². The first kappa shape index (κ1) is 16.4. The van der Waals surface area contributed by atoms with Gasteiger partial charge in [0, 0.05) is 18.5 Å². The van der Waals surface area contributed by atoms with Crippen LogP contribution in [0.4, 0.5) is 0 Å². The summed E-state index contributed by atoms with van der Waals surface area (Å²) in [5.74, 6) is 0.671. The number of hydrogen-bond acceptors (Lipinski definition) is 5. The molecule has 0 bridgehead atoms. The molecule has 0 fully saturated rings. The van der Waals surface area contributed by atoms with E-state index in [1.807, 2.05) is 24.9 Å². The first-order valence-corrected chi connectivity index (χ1v) is 6.56. The van der Waals surface area contributed by atoms with E-state index in [1.165, 1.54) is 0 Å². The molecule has 0 atom stereocenters. The molecule has 0 amide bonds. The molecular weight excluding hydrogens is 256 g/mol. The van der Waals surface area contributed by atoms with Gasteiger partial charge in [0.25, 0.3) is 0 Å². The predicted molar refractivity (Wildman–Crippen MR) is 76.4 cm³/mol. The number of likely N-dealkylation sites (N-methyl/N-ethyl adjacent to an activating group) is 1. The predicted octanol–water partition coefficient (Wildman–Crippen LogP) is 0.860. The maximum absolute atomic E-state index is 9.25. The van der Waals surface area contributed by atoms with Gasteiger partial charge in [-0.25, -0.2) is 0 Å². The van der Waals surface area contributed by atoms with Crippen LogP contribution in [-0.4, -0.2) is 55.1 Å². The lowest BCUT2D eigenvalue weighted by Gasteiger charge is -2.30. The van der Waals surface area contributed by atoms with Crippen LogP contribution in [0.25, 0.3) is 0 Å². The highest BCUT2D eigenvalue weighted by Crippen LogP contribution is 2.16. The van der Waals surface area contributed by atoms with Gasteiger partial charge in [0.05, 0.1) is 24.8 Å². The van der Waals surface area contributed by atoms with Crippen molar-refractivity contribution >= 4 is 0 Å². The fourth-order valence-corrected chi connectivity index (χ4v) is 1.86. The summed E-state index contributed by atoms with van der Waals surface area (Å²) in [6.45, 7) is 3.46. The second-order valence-electron chi connectivity index (χ2n) is 5.35. The van der Waals surface area contributed by atoms with Crippen molar-refractivity contribution in [1.29, 1.82) is 5.26 Å². The lowest BCUT2D eigenvalue weighted by Crippen LogP contribution is -2.40. The van der Waals surface area contributed by atoms with Gasteiger partial charge in [-0.15, -0.1) is 0 Å². The van der Waals surface area contributed by atoms with E-state index < -0.39 is 5.41 Å². The first-order chi connectivity index (χ1) is 9.53. The highest BCUT2D eigenvalue weighted by atomic mass is 16.5. The minimum absolute atomic E-state index is 0.0566. The summed E-state index contributed by atoms with van der Waals surface area (Å²) in [6.07, 6.45) is 0. The minimum atomic E-state index is -0.504. The first-order valence-electron chi connectivity index (χ1n) is 6.56. The van der Waals surface area contributed by atoms with Crippen LogP contribution in [0.5, 0.6) is 5.75 Å². The molecule has 20 heavy (non-hydrogen) atoms. The summed E-state index contributed by atoms with van der Waals surface area (Å²) < 4.78 is 5.58. The molecule has 0 aliphatic rings. The third kappa shape index (κ3) is 5.17. The van der Waals surface area contributed by atoms with E-state index in [1.54, 1.807) is 18.2 Å². The number of ether oxygens (including phenoxy) is 1. The monoisotopic (exact) mass is 278 g/mol. The minimum Gasteiger partial charge on any atom is -0.492 e. The van der Waals surface area contributed by atoms with Gasteiger partial charge in [-0.3, -0.25) is 0 Å². The molecule has 5 heteroatoms. The fraction of sp³-hybridized carbons (Fsp3) is 0.533. The Labute approximate surface area is 120 Å². The lowest BCUT2D eigenvalue weighted by molar-refractivity contribution is 0.0390. The van der Waals surface area contributed by atoms with Crippen molar-refractivity contribution in [3.05, 3.63) is 29.8 Å². The summed E-state index contributed by atoms with van der Waals surface area (Å²) in [6, 6.07) is 9.09. The maximum Gasteiger partial charge on any atom is 0.120 e. The number of rotatable bonds is 8. The smallest absolute Gasteiger partial charge is 0.120 e. The molecule has 0 aliphatic heterocycles. The van der Waals surface area contributed by atoms with Crippen molar-refractivity contribution in [1.82, 2.24) is 4.90 Å². The third-order valence-electron chi connectivity index (χ3n) is 3.12. The van der Waals surface area contributed by atoms with Gasteiger partial charge in [-0.1, -0.05) is 13.0 Å². The summed E-state index contributed by atoms with van der Waals surface area (Å²) in [7, 11) is 1.92. The zero-order valence-corrected chi connectivity index (χ0v) is 12.0. The van der Waals surface area contributed by atoms with Gasteiger partial charge in [-0.05, 0) is 25.2 Å². The van der Waals surface area contributed by atoms with E-state index in [0.29, 0.717) is 31.0 Å². The highest BCUT2D eigenvalue weighted by Gasteiger charge is 2.24. The summed E-state index contributed by atoms with van der Waals surface area (Å²) >= 11 is 0. The molecule has 110 valence electrons. The molecular formula is C15H22N2O3. The van der Waals surface area contributed by atoms with Gasteiger partial charge in [0.1, 0.15) is 12.4 Å². The molecule has 0 aromatic heterocycles. The second-order valence-corrected chi connectivity index (χ2v) is 5.35. The van der Waals surface area contributed by atoms with E-state index in [-0.39, 0.29) is 13.2 Å². The summed E-state index contributed by atoms with van der Waals surface area (Å²) in [5.41, 5.74) is 0.0687. The van der Waals surface area contributed by atoms with Crippen LogP contribution in [0.15, 0.2) is 24.3 Å². The van der Waals surface area contributed by atoms with Crippen LogP contribution in [-0.2, 0) is 0 Å². The van der Waals surface area contributed by atoms with E-state index in [2.05, 4.69) is 6.07 Å². The largest absolute Gasteiger partial charge is 0.492 e. The summed E-state index contributed by atoms with van der Waals surface area (Å²) in [4.78, 5) is 2.00. The molecule has 2 N–H and O–H groups in total. The molecule has 0 spiro atoms. The number of benzene rings is 1. The van der Waals surface area contributed by atoms with Crippen molar-refractivity contribution in [2.24, 2.45) is 5.41 Å². The van der Waals surface area contributed by atoms with Crippen LogP contribution < -0.4 is 4.74 Å². The van der Waals surface area contributed by atoms with Crippen molar-refractivity contribution < 1.29 is 14.9 Å². The van der Waals surface area contributed by atoms with Gasteiger partial charge in [-0.2, -0.15) is 5.26 Å². The van der Waals surface area contributed by atoms with Crippen molar-refractivity contribution in [3.8, 4) is 11.8 Å². The van der Waals surface area contributed by atoms with E-state index in [4.69, 9.17) is 10.00 Å². The van der Waals surface area contributed by atoms with Crippen molar-refractivity contribution in [2.45, 2.75) is 6.92 Å². The Hall–Kier alpha value is -1.61. The Kier molecular flexibility index (Phi) is 6.46. The second kappa shape index (κ2) is 7.85. The van der Waals surface area contributed by atoms with E-state index in [9.17, 15) is 10.2 Å². The SMILES string of the molecule is CN(CCOc1cccc(C#N)c1)CC(C)(CO)CO. The lowest BCUT2D eigenvalue weighted by atomic mass is 9.92. The Balaban J connectivity index is 2.38. The average molecular weight is 278 g/mol. The van der Waals surface area contributed by atoms with Crippen LogP contribution in [0.1, 0.15) is 12.5 Å². The van der Waals surface area contributed by atoms with Crippen LogP contribution in [0.2, 0.25) is 0 Å². The molecule has 5 nitrogen and oxygen atoms in total. The van der Waals surface area contributed by atoms with Gasteiger partial charge >= 0.3 is 0 Å². The number of nitriles is 1. The molecule has 0 heterocycles. The van der Waals surface area contributed by atoms with E-state index in [0.717, 1.165) is 0 Å². The quantitative estimate of drug-likeness (QED) is 0.737. The Bertz CT molecular complexity index is 453. The standard InChI is InChI=1S/C15H22N2O3/c1-15(11-18,12-19)10-17(2)6-7-20-14-5-3-4-13(8-14)9-16/h3-5,8,18-19H,6-7,10-12H2,1-2H3. The Morgan fingerprint density at radius 3 is 2.65 bits per heavy atom. The third-order valence-corrected chi connectivity index (χ3v) is 3.12. The van der Waals surface area contributed by atoms with Crippen LogP contribution in [0.3, 0.4) is 0 Å². The zero-order chi connectivity index (χ0) is 15.0. The molecule has 0 saturated carbocycles. The van der Waals surface area contributed by atoms with Crippen LogP contribution in [0, 0.1) is 16.7 Å². The average Bonchev–Trinajstić information content (AvgIpc) is 2.47. The molecule has 0 unspecified atom stereocenters. The number of nitrogens with zero attached hydrogens (tertiary/aromatic N) is 2. The number of aliphatic hydroxyl groups is 2.